The van der Waals surface area contributed by atoms with Gasteiger partial charge in [0.05, 0.1) is 11.1 Å². The molecule has 0 spiro atoms. The minimum Gasteiger partial charge on any atom is -0.298 e. The highest BCUT2D eigenvalue weighted by Crippen LogP contribution is 2.29. The lowest BCUT2D eigenvalue weighted by atomic mass is 10.2. The van der Waals surface area contributed by atoms with E-state index < -0.39 is 0 Å². The predicted octanol–water partition coefficient (Wildman–Crippen LogP) is 4.56. The van der Waals surface area contributed by atoms with Gasteiger partial charge in [0.25, 0.3) is 5.91 Å². The third-order valence-electron chi connectivity index (χ3n) is 3.27. The van der Waals surface area contributed by atoms with E-state index in [4.69, 9.17) is 11.6 Å². The van der Waals surface area contributed by atoms with Crippen molar-refractivity contribution < 1.29 is 9.59 Å². The molecule has 0 saturated carbocycles. The summed E-state index contributed by atoms with van der Waals surface area (Å²) >= 11 is 9.56. The molecule has 0 N–H and O–H groups in total. The summed E-state index contributed by atoms with van der Waals surface area (Å²) in [5.74, 6) is -0.267. The van der Waals surface area contributed by atoms with Gasteiger partial charge in [0.15, 0.2) is 6.29 Å². The van der Waals surface area contributed by atoms with Crippen molar-refractivity contribution in [3.63, 3.8) is 0 Å². The molecule has 0 radical (unpaired) electrons. The number of carbonyl (C=O) groups is 2. The van der Waals surface area contributed by atoms with Crippen molar-refractivity contribution in [2.75, 3.05) is 0 Å². The predicted molar refractivity (Wildman–Crippen MR) is 86.2 cm³/mol. The zero-order valence-electron chi connectivity index (χ0n) is 10.7. The lowest BCUT2D eigenvalue weighted by molar-refractivity contribution is 0.0965. The van der Waals surface area contributed by atoms with Crippen molar-refractivity contribution in [3.8, 4) is 0 Å². The second-order valence-corrected chi connectivity index (χ2v) is 5.76. The van der Waals surface area contributed by atoms with Crippen LogP contribution in [0.1, 0.15) is 20.7 Å². The van der Waals surface area contributed by atoms with Crippen molar-refractivity contribution in [1.82, 2.24) is 4.57 Å². The van der Waals surface area contributed by atoms with Gasteiger partial charge in [-0.1, -0.05) is 45.7 Å². The van der Waals surface area contributed by atoms with Crippen LogP contribution in [0.4, 0.5) is 0 Å². The minimum atomic E-state index is -0.267. The number of hydrogen-bond donors (Lipinski definition) is 0. The summed E-state index contributed by atoms with van der Waals surface area (Å²) in [5.41, 5.74) is 1.45. The monoisotopic (exact) mass is 361 g/mol. The zero-order chi connectivity index (χ0) is 15.0. The summed E-state index contributed by atoms with van der Waals surface area (Å²) in [7, 11) is 0. The lowest BCUT2D eigenvalue weighted by Crippen LogP contribution is -2.11. The maximum absolute atomic E-state index is 12.7. The summed E-state index contributed by atoms with van der Waals surface area (Å²) < 4.78 is 2.25. The fourth-order valence-electron chi connectivity index (χ4n) is 2.27. The van der Waals surface area contributed by atoms with Crippen LogP contribution in [0, 0.1) is 0 Å². The fourth-order valence-corrected chi connectivity index (χ4v) is 2.84. The molecule has 0 bridgehead atoms. The van der Waals surface area contributed by atoms with Crippen molar-refractivity contribution in [1.29, 1.82) is 0 Å². The molecule has 2 aromatic carbocycles. The molecule has 0 aliphatic rings. The lowest BCUT2D eigenvalue weighted by Gasteiger charge is -2.06. The molecule has 0 atom stereocenters. The summed E-state index contributed by atoms with van der Waals surface area (Å²) in [5, 5.41) is 0.807. The maximum atomic E-state index is 12.7. The van der Waals surface area contributed by atoms with Gasteiger partial charge in [-0.25, -0.2) is 0 Å². The van der Waals surface area contributed by atoms with Crippen LogP contribution >= 0.6 is 27.5 Å². The van der Waals surface area contributed by atoms with Crippen molar-refractivity contribution in [2.24, 2.45) is 0 Å². The van der Waals surface area contributed by atoms with Crippen LogP contribution in [0.5, 0.6) is 0 Å². The summed E-state index contributed by atoms with van der Waals surface area (Å²) in [6.07, 6.45) is 0.677. The number of rotatable bonds is 2. The van der Waals surface area contributed by atoms with E-state index in [0.29, 0.717) is 28.3 Å². The number of aromatic nitrogens is 1. The third-order valence-corrected chi connectivity index (χ3v) is 4.17. The minimum absolute atomic E-state index is 0.138. The Morgan fingerprint density at radius 2 is 1.76 bits per heavy atom. The van der Waals surface area contributed by atoms with Gasteiger partial charge in [0, 0.05) is 15.4 Å². The first-order chi connectivity index (χ1) is 10.1. The quantitative estimate of drug-likeness (QED) is 0.627. The van der Waals surface area contributed by atoms with Crippen LogP contribution in [0.15, 0.2) is 53.0 Å². The number of aldehydes is 1. The van der Waals surface area contributed by atoms with Gasteiger partial charge >= 0.3 is 0 Å². The first-order valence-electron chi connectivity index (χ1n) is 6.18. The zero-order valence-corrected chi connectivity index (χ0v) is 13.1. The van der Waals surface area contributed by atoms with Crippen molar-refractivity contribution in [2.45, 2.75) is 0 Å². The van der Waals surface area contributed by atoms with E-state index in [1.807, 2.05) is 0 Å². The standard InChI is InChI=1S/C16H9BrClNO2/c17-11-7-5-10(6-8-11)16(21)19-14-4-2-1-3-12(14)13(9-20)15(19)18/h1-9H. The van der Waals surface area contributed by atoms with Crippen LogP contribution in [-0.2, 0) is 0 Å². The Morgan fingerprint density at radius 3 is 2.43 bits per heavy atom. The van der Waals surface area contributed by atoms with E-state index in [9.17, 15) is 9.59 Å². The Hall–Kier alpha value is -1.91. The van der Waals surface area contributed by atoms with Crippen LogP contribution in [0.3, 0.4) is 0 Å². The average Bonchev–Trinajstić information content (AvgIpc) is 2.78. The Kier molecular flexibility index (Phi) is 3.66. The Bertz CT molecular complexity index is 853. The van der Waals surface area contributed by atoms with E-state index in [1.165, 1.54) is 4.57 Å². The molecule has 0 unspecified atom stereocenters. The summed E-state index contributed by atoms with van der Waals surface area (Å²) in [6.45, 7) is 0. The topological polar surface area (TPSA) is 39.1 Å². The molecule has 21 heavy (non-hydrogen) atoms. The number of fused-ring (bicyclic) bond motifs is 1. The molecule has 5 heteroatoms. The van der Waals surface area contributed by atoms with Gasteiger partial charge in [-0.05, 0) is 30.3 Å². The molecule has 3 rings (SSSR count). The highest BCUT2D eigenvalue weighted by molar-refractivity contribution is 9.10. The number of hydrogen-bond acceptors (Lipinski definition) is 2. The highest BCUT2D eigenvalue weighted by atomic mass is 79.9. The second-order valence-electron chi connectivity index (χ2n) is 4.49. The van der Waals surface area contributed by atoms with E-state index in [2.05, 4.69) is 15.9 Å². The number of carbonyl (C=O) groups excluding carboxylic acids is 2. The smallest absolute Gasteiger partial charge is 0.263 e. The third kappa shape index (κ3) is 2.30. The maximum Gasteiger partial charge on any atom is 0.263 e. The Morgan fingerprint density at radius 1 is 1.10 bits per heavy atom. The average molecular weight is 363 g/mol. The molecular formula is C16H9BrClNO2. The van der Waals surface area contributed by atoms with E-state index in [1.54, 1.807) is 48.5 Å². The number of benzene rings is 2. The van der Waals surface area contributed by atoms with Crippen LogP contribution in [0.2, 0.25) is 5.15 Å². The second kappa shape index (κ2) is 5.47. The normalized spacial score (nSPS) is 10.8. The largest absolute Gasteiger partial charge is 0.298 e. The van der Waals surface area contributed by atoms with Gasteiger partial charge in [0.2, 0.25) is 0 Å². The van der Waals surface area contributed by atoms with Crippen LogP contribution < -0.4 is 0 Å². The SMILES string of the molecule is O=Cc1c(Cl)n(C(=O)c2ccc(Br)cc2)c2ccccc12. The summed E-state index contributed by atoms with van der Waals surface area (Å²) in [4.78, 5) is 23.9. The molecule has 104 valence electrons. The molecule has 1 aromatic heterocycles. The van der Waals surface area contributed by atoms with Gasteiger partial charge in [-0.3, -0.25) is 14.2 Å². The molecule has 1 heterocycles. The number of para-hydroxylation sites is 1. The molecule has 0 saturated heterocycles. The molecule has 3 nitrogen and oxygen atoms in total. The Labute approximate surface area is 134 Å². The van der Waals surface area contributed by atoms with Crippen LogP contribution in [0.25, 0.3) is 10.9 Å². The molecular weight excluding hydrogens is 354 g/mol. The molecule has 0 fully saturated rings. The van der Waals surface area contributed by atoms with Crippen molar-refractivity contribution >= 4 is 50.6 Å². The van der Waals surface area contributed by atoms with E-state index in [0.717, 1.165) is 4.47 Å². The number of halogens is 2. The molecule has 0 amide bonds. The van der Waals surface area contributed by atoms with E-state index in [-0.39, 0.29) is 11.1 Å². The highest BCUT2D eigenvalue weighted by Gasteiger charge is 2.20. The Balaban J connectivity index is 2.25. The van der Waals surface area contributed by atoms with E-state index >= 15 is 0 Å². The van der Waals surface area contributed by atoms with Gasteiger partial charge in [-0.15, -0.1) is 0 Å². The first-order valence-corrected chi connectivity index (χ1v) is 7.35. The summed E-state index contributed by atoms with van der Waals surface area (Å²) in [6, 6.07) is 14.1. The molecule has 0 aliphatic heterocycles. The number of nitrogens with zero attached hydrogens (tertiary/aromatic N) is 1. The van der Waals surface area contributed by atoms with Crippen molar-refractivity contribution in [3.05, 3.63) is 69.3 Å². The van der Waals surface area contributed by atoms with Crippen LogP contribution in [-0.4, -0.2) is 16.8 Å². The molecule has 3 aromatic rings. The molecule has 0 aliphatic carbocycles. The fraction of sp³-hybridized carbons (Fsp3) is 0. The van der Waals surface area contributed by atoms with Gasteiger partial charge in [-0.2, -0.15) is 0 Å². The van der Waals surface area contributed by atoms with Gasteiger partial charge < -0.3 is 0 Å². The van der Waals surface area contributed by atoms with Gasteiger partial charge in [0.1, 0.15) is 5.15 Å². The first kappa shape index (κ1) is 14.0.